The van der Waals surface area contributed by atoms with E-state index in [4.69, 9.17) is 9.47 Å². The van der Waals surface area contributed by atoms with Crippen LogP contribution in [-0.2, 0) is 16.0 Å². The number of carbonyl (C=O) groups excluding carboxylic acids is 2. The lowest BCUT2D eigenvalue weighted by molar-refractivity contribution is 0.0522. The van der Waals surface area contributed by atoms with Crippen molar-refractivity contribution in [2.45, 2.75) is 32.9 Å². The highest BCUT2D eigenvalue weighted by atomic mass is 19.1. The number of hydrogen-bond acceptors (Lipinski definition) is 5. The number of alkyl carbamates (subject to hydrolysis) is 1. The minimum Gasteiger partial charge on any atom is -0.496 e. The van der Waals surface area contributed by atoms with Crippen LogP contribution in [0.4, 0.5) is 9.18 Å². The molecule has 0 aliphatic carbocycles. The van der Waals surface area contributed by atoms with Crippen LogP contribution in [0.3, 0.4) is 0 Å². The molecule has 0 aliphatic heterocycles. The van der Waals surface area contributed by atoms with Gasteiger partial charge in [0.05, 0.1) is 19.8 Å². The van der Waals surface area contributed by atoms with Crippen molar-refractivity contribution in [2.75, 3.05) is 14.2 Å². The van der Waals surface area contributed by atoms with Gasteiger partial charge in [0, 0.05) is 12.1 Å². The Kier molecular flexibility index (Phi) is 6.62. The lowest BCUT2D eigenvalue weighted by Crippen LogP contribution is -2.32. The van der Waals surface area contributed by atoms with Gasteiger partial charge in [-0.05, 0) is 62.2 Å². The van der Waals surface area contributed by atoms with Crippen LogP contribution in [-0.4, -0.2) is 31.9 Å². The Morgan fingerprint density at radius 1 is 1.04 bits per heavy atom. The number of amides is 1. The second-order valence-corrected chi connectivity index (χ2v) is 7.10. The van der Waals surface area contributed by atoms with E-state index in [-0.39, 0.29) is 12.1 Å². The molecule has 0 heterocycles. The van der Waals surface area contributed by atoms with Crippen LogP contribution in [0.5, 0.6) is 5.75 Å². The van der Waals surface area contributed by atoms with Crippen molar-refractivity contribution in [3.63, 3.8) is 0 Å². The second kappa shape index (κ2) is 8.73. The van der Waals surface area contributed by atoms with Crippen molar-refractivity contribution >= 4 is 12.1 Å². The summed E-state index contributed by atoms with van der Waals surface area (Å²) in [6.45, 7) is 5.48. The number of methoxy groups -OCH3 is 2. The highest BCUT2D eigenvalue weighted by Crippen LogP contribution is 2.28. The first kappa shape index (κ1) is 21.2. The van der Waals surface area contributed by atoms with Crippen molar-refractivity contribution in [1.82, 2.24) is 5.32 Å². The molecule has 7 heteroatoms. The zero-order valence-corrected chi connectivity index (χ0v) is 16.6. The smallest absolute Gasteiger partial charge is 0.407 e. The maximum Gasteiger partial charge on any atom is 0.407 e. The molecule has 6 nitrogen and oxygen atoms in total. The minimum atomic E-state index is -0.624. The fraction of sp³-hybridized carbons (Fsp3) is 0.333. The fourth-order valence-electron chi connectivity index (χ4n) is 2.57. The van der Waals surface area contributed by atoms with E-state index in [9.17, 15) is 14.0 Å². The van der Waals surface area contributed by atoms with Crippen LogP contribution in [0.25, 0.3) is 11.1 Å². The second-order valence-electron chi connectivity index (χ2n) is 7.10. The molecule has 0 bridgehead atoms. The standard InChI is InChI=1S/C21H24FNO5/c1-21(2,3)28-20(25)23-12-16-8-13(6-7-18(16)26-4)14-9-15(19(24)27-5)11-17(22)10-14/h6-11H,12H2,1-5H3,(H,23,25). The summed E-state index contributed by atoms with van der Waals surface area (Å²) in [6, 6.07) is 9.19. The van der Waals surface area contributed by atoms with Crippen molar-refractivity contribution in [1.29, 1.82) is 0 Å². The third-order valence-electron chi connectivity index (χ3n) is 3.75. The Morgan fingerprint density at radius 3 is 2.36 bits per heavy atom. The van der Waals surface area contributed by atoms with Gasteiger partial charge >= 0.3 is 12.1 Å². The third kappa shape index (κ3) is 5.70. The van der Waals surface area contributed by atoms with E-state index >= 15 is 0 Å². The number of carbonyl (C=O) groups is 2. The van der Waals surface area contributed by atoms with Crippen molar-refractivity contribution in [2.24, 2.45) is 0 Å². The zero-order chi connectivity index (χ0) is 20.9. The molecular weight excluding hydrogens is 365 g/mol. The van der Waals surface area contributed by atoms with Crippen LogP contribution >= 0.6 is 0 Å². The number of nitrogens with one attached hydrogen (secondary N) is 1. The Bertz CT molecular complexity index is 874. The molecule has 2 aromatic carbocycles. The molecular formula is C21H24FNO5. The summed E-state index contributed by atoms with van der Waals surface area (Å²) in [7, 11) is 2.75. The van der Waals surface area contributed by atoms with E-state index in [1.54, 1.807) is 45.0 Å². The zero-order valence-electron chi connectivity index (χ0n) is 16.6. The van der Waals surface area contributed by atoms with E-state index < -0.39 is 23.5 Å². The van der Waals surface area contributed by atoms with E-state index in [0.717, 1.165) is 6.07 Å². The summed E-state index contributed by atoms with van der Waals surface area (Å²) >= 11 is 0. The van der Waals surface area contributed by atoms with Gasteiger partial charge in [0.1, 0.15) is 17.2 Å². The lowest BCUT2D eigenvalue weighted by atomic mass is 10.00. The average Bonchev–Trinajstić information content (AvgIpc) is 2.63. The molecule has 1 N–H and O–H groups in total. The van der Waals surface area contributed by atoms with Gasteiger partial charge in [-0.2, -0.15) is 0 Å². The molecule has 0 saturated carbocycles. The molecule has 1 amide bonds. The molecule has 28 heavy (non-hydrogen) atoms. The van der Waals surface area contributed by atoms with E-state index in [1.165, 1.54) is 20.3 Å². The molecule has 2 rings (SSSR count). The van der Waals surface area contributed by atoms with Gasteiger partial charge in [0.15, 0.2) is 0 Å². The van der Waals surface area contributed by atoms with Gasteiger partial charge < -0.3 is 19.5 Å². The molecule has 0 unspecified atom stereocenters. The Morgan fingerprint density at radius 2 is 1.75 bits per heavy atom. The summed E-state index contributed by atoms with van der Waals surface area (Å²) in [4.78, 5) is 23.6. The van der Waals surface area contributed by atoms with Crippen molar-refractivity contribution in [3.8, 4) is 16.9 Å². The SMILES string of the molecule is COC(=O)c1cc(F)cc(-c2ccc(OC)c(CNC(=O)OC(C)(C)C)c2)c1. The maximum absolute atomic E-state index is 14.0. The molecule has 0 saturated heterocycles. The molecule has 0 spiro atoms. The number of esters is 1. The first-order valence-corrected chi connectivity index (χ1v) is 8.66. The summed E-state index contributed by atoms with van der Waals surface area (Å²) in [5, 5.41) is 2.67. The first-order valence-electron chi connectivity index (χ1n) is 8.66. The maximum atomic E-state index is 14.0. The Labute approximate surface area is 163 Å². The molecule has 0 aliphatic rings. The topological polar surface area (TPSA) is 73.9 Å². The quantitative estimate of drug-likeness (QED) is 0.772. The first-order chi connectivity index (χ1) is 13.1. The summed E-state index contributed by atoms with van der Waals surface area (Å²) in [6.07, 6.45) is -0.557. The largest absolute Gasteiger partial charge is 0.496 e. The van der Waals surface area contributed by atoms with Crippen LogP contribution in [0.1, 0.15) is 36.7 Å². The number of rotatable bonds is 5. The number of hydrogen-bond donors (Lipinski definition) is 1. The van der Waals surface area contributed by atoms with E-state index in [0.29, 0.717) is 22.4 Å². The monoisotopic (exact) mass is 389 g/mol. The Hall–Kier alpha value is -3.09. The highest BCUT2D eigenvalue weighted by Gasteiger charge is 2.17. The normalized spacial score (nSPS) is 10.9. The van der Waals surface area contributed by atoms with Crippen LogP contribution in [0.2, 0.25) is 0 Å². The van der Waals surface area contributed by atoms with E-state index in [2.05, 4.69) is 10.1 Å². The molecule has 0 atom stereocenters. The van der Waals surface area contributed by atoms with Gasteiger partial charge in [-0.1, -0.05) is 6.07 Å². The highest BCUT2D eigenvalue weighted by molar-refractivity contribution is 5.91. The molecule has 0 fully saturated rings. The van der Waals surface area contributed by atoms with Crippen molar-refractivity contribution in [3.05, 3.63) is 53.3 Å². The van der Waals surface area contributed by atoms with Gasteiger partial charge in [0.2, 0.25) is 0 Å². The molecule has 150 valence electrons. The lowest BCUT2D eigenvalue weighted by Gasteiger charge is -2.20. The van der Waals surface area contributed by atoms with Gasteiger partial charge in [-0.25, -0.2) is 14.0 Å². The minimum absolute atomic E-state index is 0.113. The fourth-order valence-corrected chi connectivity index (χ4v) is 2.57. The van der Waals surface area contributed by atoms with Gasteiger partial charge in [0.25, 0.3) is 0 Å². The number of benzene rings is 2. The molecule has 2 aromatic rings. The predicted molar refractivity (Wildman–Crippen MR) is 103 cm³/mol. The third-order valence-corrected chi connectivity index (χ3v) is 3.75. The predicted octanol–water partition coefficient (Wildman–Crippen LogP) is 4.31. The van der Waals surface area contributed by atoms with Crippen LogP contribution in [0, 0.1) is 5.82 Å². The number of halogens is 1. The Balaban J connectivity index is 2.31. The molecule has 0 aromatic heterocycles. The van der Waals surface area contributed by atoms with E-state index in [1.807, 2.05) is 0 Å². The van der Waals surface area contributed by atoms with Gasteiger partial charge in [-0.15, -0.1) is 0 Å². The average molecular weight is 389 g/mol. The van der Waals surface area contributed by atoms with Gasteiger partial charge in [-0.3, -0.25) is 0 Å². The summed E-state index contributed by atoms with van der Waals surface area (Å²) < 4.78 is 29.2. The number of ether oxygens (including phenoxy) is 3. The van der Waals surface area contributed by atoms with Crippen LogP contribution < -0.4 is 10.1 Å². The molecule has 0 radical (unpaired) electrons. The summed E-state index contributed by atoms with van der Waals surface area (Å²) in [5.41, 5.74) is 1.34. The summed E-state index contributed by atoms with van der Waals surface area (Å²) in [5.74, 6) is -0.618. The van der Waals surface area contributed by atoms with Crippen LogP contribution in [0.15, 0.2) is 36.4 Å². The van der Waals surface area contributed by atoms with Crippen molar-refractivity contribution < 1.29 is 28.2 Å².